The molecule has 2 aromatic carbocycles. The summed E-state index contributed by atoms with van der Waals surface area (Å²) in [5, 5.41) is 0.924. The molecule has 7 nitrogen and oxygen atoms in total. The van der Waals surface area contributed by atoms with Gasteiger partial charge in [0.2, 0.25) is 0 Å². The third kappa shape index (κ3) is 3.84. The van der Waals surface area contributed by atoms with Crippen LogP contribution in [0.15, 0.2) is 42.5 Å². The average Bonchev–Trinajstić information content (AvgIpc) is 3.01. The van der Waals surface area contributed by atoms with Crippen molar-refractivity contribution in [3.63, 3.8) is 0 Å². The topological polar surface area (TPSA) is 70.0 Å². The standard InChI is InChI=1S/C25H28N2O5/c1-6-31-15-27-20-10-8-7-9-19(20)21-18-12-11-17(30-5)13-16(18)14-26(23(28)22(21)27)24(29)32-25(2,3)4/h7-13H,6,14-15H2,1-5H3. The zero-order chi connectivity index (χ0) is 23.0. The number of amides is 2. The molecule has 0 bridgehead atoms. The van der Waals surface area contributed by atoms with Crippen LogP contribution in [-0.2, 0) is 22.7 Å². The summed E-state index contributed by atoms with van der Waals surface area (Å²) < 4.78 is 18.5. The van der Waals surface area contributed by atoms with Crippen molar-refractivity contribution in [1.82, 2.24) is 9.47 Å². The number of hydrogen-bond donors (Lipinski definition) is 0. The molecule has 0 saturated heterocycles. The smallest absolute Gasteiger partial charge is 0.417 e. The third-order valence-corrected chi connectivity index (χ3v) is 5.37. The van der Waals surface area contributed by atoms with E-state index < -0.39 is 17.6 Å². The number of hydrogen-bond acceptors (Lipinski definition) is 5. The molecule has 1 aliphatic rings. The molecular weight excluding hydrogens is 408 g/mol. The Balaban J connectivity index is 2.00. The van der Waals surface area contributed by atoms with E-state index in [4.69, 9.17) is 14.2 Å². The Bertz CT molecular complexity index is 1190. The zero-order valence-corrected chi connectivity index (χ0v) is 19.1. The van der Waals surface area contributed by atoms with Crippen molar-refractivity contribution in [2.45, 2.75) is 46.6 Å². The fraction of sp³-hybridized carbons (Fsp3) is 0.360. The van der Waals surface area contributed by atoms with Crippen molar-refractivity contribution in [2.24, 2.45) is 0 Å². The largest absolute Gasteiger partial charge is 0.497 e. The number of imide groups is 1. The molecule has 32 heavy (non-hydrogen) atoms. The van der Waals surface area contributed by atoms with E-state index in [9.17, 15) is 9.59 Å². The first-order valence-corrected chi connectivity index (χ1v) is 10.7. The van der Waals surface area contributed by atoms with Crippen LogP contribution >= 0.6 is 0 Å². The van der Waals surface area contributed by atoms with Crippen LogP contribution in [-0.4, -0.2) is 40.8 Å². The molecule has 2 amide bonds. The second-order valence-corrected chi connectivity index (χ2v) is 8.69. The lowest BCUT2D eigenvalue weighted by Crippen LogP contribution is -2.40. The van der Waals surface area contributed by atoms with Crippen LogP contribution in [0.1, 0.15) is 43.7 Å². The molecule has 0 saturated carbocycles. The zero-order valence-electron chi connectivity index (χ0n) is 19.1. The molecule has 1 aromatic heterocycles. The molecule has 7 heteroatoms. The molecule has 0 fully saturated rings. The van der Waals surface area contributed by atoms with Crippen molar-refractivity contribution in [2.75, 3.05) is 13.7 Å². The average molecular weight is 437 g/mol. The van der Waals surface area contributed by atoms with E-state index in [0.29, 0.717) is 18.1 Å². The summed E-state index contributed by atoms with van der Waals surface area (Å²) in [7, 11) is 1.59. The molecule has 2 heterocycles. The highest BCUT2D eigenvalue weighted by molar-refractivity contribution is 6.14. The molecule has 168 valence electrons. The van der Waals surface area contributed by atoms with E-state index in [2.05, 4.69) is 0 Å². The summed E-state index contributed by atoms with van der Waals surface area (Å²) in [6.07, 6.45) is -0.683. The van der Waals surface area contributed by atoms with Crippen molar-refractivity contribution in [3.8, 4) is 16.9 Å². The SMILES string of the molecule is CCOCn1c2c(c3ccccc31)-c1ccc(OC)cc1CN(C(=O)OC(C)(C)C)C2=O. The second kappa shape index (κ2) is 8.31. The van der Waals surface area contributed by atoms with Gasteiger partial charge in [0.05, 0.1) is 19.2 Å². The number of aromatic nitrogens is 1. The lowest BCUT2D eigenvalue weighted by molar-refractivity contribution is 0.0219. The van der Waals surface area contributed by atoms with Gasteiger partial charge in [0, 0.05) is 17.6 Å². The Labute approximate surface area is 187 Å². The van der Waals surface area contributed by atoms with E-state index >= 15 is 0 Å². The Morgan fingerprint density at radius 3 is 2.56 bits per heavy atom. The monoisotopic (exact) mass is 436 g/mol. The van der Waals surface area contributed by atoms with Crippen LogP contribution in [0.2, 0.25) is 0 Å². The maximum absolute atomic E-state index is 13.9. The Morgan fingerprint density at radius 2 is 1.88 bits per heavy atom. The minimum absolute atomic E-state index is 0.0813. The maximum atomic E-state index is 13.9. The Hall–Kier alpha value is -3.32. The molecule has 0 spiro atoms. The molecule has 0 unspecified atom stereocenters. The predicted octanol–water partition coefficient (Wildman–Crippen LogP) is 5.20. The molecule has 0 atom stereocenters. The van der Waals surface area contributed by atoms with Crippen LogP contribution in [0.3, 0.4) is 0 Å². The molecule has 0 aliphatic carbocycles. The van der Waals surface area contributed by atoms with Gasteiger partial charge in [-0.25, -0.2) is 9.69 Å². The first-order valence-electron chi connectivity index (χ1n) is 10.7. The summed E-state index contributed by atoms with van der Waals surface area (Å²) in [6, 6.07) is 13.5. The van der Waals surface area contributed by atoms with Gasteiger partial charge in [-0.15, -0.1) is 0 Å². The fourth-order valence-electron chi connectivity index (χ4n) is 4.02. The Kier molecular flexibility index (Phi) is 5.69. The van der Waals surface area contributed by atoms with Crippen LogP contribution in [0, 0.1) is 0 Å². The number of fused-ring (bicyclic) bond motifs is 5. The predicted molar refractivity (Wildman–Crippen MR) is 122 cm³/mol. The van der Waals surface area contributed by atoms with Crippen LogP contribution in [0.25, 0.3) is 22.0 Å². The number of rotatable bonds is 4. The van der Waals surface area contributed by atoms with Crippen LogP contribution < -0.4 is 4.74 Å². The summed E-state index contributed by atoms with van der Waals surface area (Å²) in [4.78, 5) is 28.1. The Morgan fingerprint density at radius 1 is 1.12 bits per heavy atom. The molecule has 1 aliphatic heterocycles. The van der Waals surface area contributed by atoms with Gasteiger partial charge in [-0.1, -0.05) is 24.3 Å². The lowest BCUT2D eigenvalue weighted by Gasteiger charge is -2.26. The minimum atomic E-state index is -0.734. The number of nitrogens with zero attached hydrogens (tertiary/aromatic N) is 2. The van der Waals surface area contributed by atoms with Gasteiger partial charge in [-0.2, -0.15) is 0 Å². The maximum Gasteiger partial charge on any atom is 0.417 e. The first-order chi connectivity index (χ1) is 15.2. The highest BCUT2D eigenvalue weighted by Crippen LogP contribution is 2.41. The quantitative estimate of drug-likeness (QED) is 0.562. The highest BCUT2D eigenvalue weighted by Gasteiger charge is 2.37. The van der Waals surface area contributed by atoms with Crippen LogP contribution in [0.5, 0.6) is 5.75 Å². The normalized spacial score (nSPS) is 13.5. The second-order valence-electron chi connectivity index (χ2n) is 8.69. The summed E-state index contributed by atoms with van der Waals surface area (Å²) in [5.41, 5.74) is 3.02. The van der Waals surface area contributed by atoms with Crippen molar-refractivity contribution in [3.05, 3.63) is 53.7 Å². The molecule has 3 aromatic rings. The van der Waals surface area contributed by atoms with E-state index in [1.54, 1.807) is 27.9 Å². The van der Waals surface area contributed by atoms with E-state index in [1.807, 2.05) is 54.0 Å². The van der Waals surface area contributed by atoms with Crippen molar-refractivity contribution < 1.29 is 23.8 Å². The summed E-state index contributed by atoms with van der Waals surface area (Å²) in [6.45, 7) is 8.02. The van der Waals surface area contributed by atoms with Gasteiger partial charge in [0.1, 0.15) is 23.8 Å². The van der Waals surface area contributed by atoms with Gasteiger partial charge in [0.15, 0.2) is 0 Å². The van der Waals surface area contributed by atoms with Crippen molar-refractivity contribution >= 4 is 22.9 Å². The molecule has 0 N–H and O–H groups in total. The van der Waals surface area contributed by atoms with Gasteiger partial charge in [0.25, 0.3) is 5.91 Å². The van der Waals surface area contributed by atoms with E-state index in [-0.39, 0.29) is 13.3 Å². The molecule has 4 rings (SSSR count). The number of para-hydroxylation sites is 1. The summed E-state index contributed by atoms with van der Waals surface area (Å²) in [5.74, 6) is 0.238. The van der Waals surface area contributed by atoms with Gasteiger partial charge in [-0.05, 0) is 57.0 Å². The number of benzene rings is 2. The van der Waals surface area contributed by atoms with E-state index in [0.717, 1.165) is 32.5 Å². The fourth-order valence-corrected chi connectivity index (χ4v) is 4.02. The van der Waals surface area contributed by atoms with E-state index in [1.165, 1.54) is 0 Å². The van der Waals surface area contributed by atoms with Crippen molar-refractivity contribution in [1.29, 1.82) is 0 Å². The van der Waals surface area contributed by atoms with Gasteiger partial charge < -0.3 is 18.8 Å². The lowest BCUT2D eigenvalue weighted by atomic mass is 9.97. The molecule has 0 radical (unpaired) electrons. The van der Waals surface area contributed by atoms with Crippen LogP contribution in [0.4, 0.5) is 4.79 Å². The minimum Gasteiger partial charge on any atom is -0.497 e. The first kappa shape index (κ1) is 21.9. The highest BCUT2D eigenvalue weighted by atomic mass is 16.6. The number of carbonyl (C=O) groups is 2. The third-order valence-electron chi connectivity index (χ3n) is 5.37. The van der Waals surface area contributed by atoms with Gasteiger partial charge >= 0.3 is 6.09 Å². The molecular formula is C25H28N2O5. The summed E-state index contributed by atoms with van der Waals surface area (Å²) >= 11 is 0. The number of carbonyl (C=O) groups excluding carboxylic acids is 2. The van der Waals surface area contributed by atoms with Gasteiger partial charge in [-0.3, -0.25) is 4.79 Å². The number of methoxy groups -OCH3 is 1. The number of ether oxygens (including phenoxy) is 3.